The summed E-state index contributed by atoms with van der Waals surface area (Å²) in [7, 11) is -2.10. The molecule has 0 aromatic carbocycles. The van der Waals surface area contributed by atoms with E-state index < -0.39 is 28.4 Å². The first-order chi connectivity index (χ1) is 9.12. The van der Waals surface area contributed by atoms with Crippen molar-refractivity contribution in [3.8, 4) is 0 Å². The van der Waals surface area contributed by atoms with E-state index in [-0.39, 0.29) is 0 Å². The van der Waals surface area contributed by atoms with Crippen LogP contribution in [-0.4, -0.2) is 36.2 Å². The summed E-state index contributed by atoms with van der Waals surface area (Å²) in [6.45, 7) is 9.06. The van der Waals surface area contributed by atoms with Crippen LogP contribution in [0.3, 0.4) is 0 Å². The first-order valence-electron chi connectivity index (χ1n) is 7.92. The Kier molecular flexibility index (Phi) is 22.5. The van der Waals surface area contributed by atoms with Gasteiger partial charge in [0.1, 0.15) is 0 Å². The van der Waals surface area contributed by atoms with Gasteiger partial charge in [0.05, 0.1) is 6.61 Å². The van der Waals surface area contributed by atoms with Gasteiger partial charge in [0.15, 0.2) is 0 Å². The van der Waals surface area contributed by atoms with Crippen LogP contribution in [0.25, 0.3) is 0 Å². The summed E-state index contributed by atoms with van der Waals surface area (Å²) < 4.78 is 9.30. The number of rotatable bonds is 11. The second kappa shape index (κ2) is 19.1. The van der Waals surface area contributed by atoms with E-state index in [2.05, 4.69) is 25.3 Å². The molecule has 0 heterocycles. The van der Waals surface area contributed by atoms with Crippen molar-refractivity contribution >= 4 is 28.4 Å². The van der Waals surface area contributed by atoms with E-state index in [0.29, 0.717) is 6.61 Å². The van der Waals surface area contributed by atoms with Gasteiger partial charge in [-0.3, -0.25) is 0 Å². The fraction of sp³-hybridized carbons (Fsp3) is 1.00. The van der Waals surface area contributed by atoms with Crippen molar-refractivity contribution in [1.82, 2.24) is 0 Å². The smallest absolute Gasteiger partial charge is 0.327 e. The zero-order valence-corrected chi connectivity index (χ0v) is 17.6. The topological polar surface area (TPSA) is 49.7 Å². The Labute approximate surface area is 128 Å². The van der Waals surface area contributed by atoms with E-state index in [0.717, 1.165) is 0 Å². The van der Waals surface area contributed by atoms with Gasteiger partial charge in [0, 0.05) is 0 Å². The molecule has 0 aliphatic rings. The molecule has 118 valence electrons. The first kappa shape index (κ1) is 22.4. The van der Waals surface area contributed by atoms with Gasteiger partial charge in [-0.1, -0.05) is 0 Å². The van der Waals surface area contributed by atoms with Crippen LogP contribution in [0.2, 0.25) is 13.3 Å². The molecule has 0 aromatic rings. The molecule has 0 radical (unpaired) electrons. The van der Waals surface area contributed by atoms with Crippen LogP contribution in [0.15, 0.2) is 0 Å². The Balaban J connectivity index is 0. The molecule has 0 saturated carbocycles. The van der Waals surface area contributed by atoms with Gasteiger partial charge < -0.3 is 14.3 Å². The van der Waals surface area contributed by atoms with E-state index >= 15 is 0 Å². The monoisotopic (exact) mass is 402 g/mol. The average Bonchev–Trinajstić information content (AvgIpc) is 2.38. The molecule has 0 aromatic heterocycles. The fourth-order valence-electron chi connectivity index (χ4n) is 2.03. The van der Waals surface area contributed by atoms with Crippen LogP contribution in [0.1, 0.15) is 66.2 Å². The maximum atomic E-state index is 7.95. The van der Waals surface area contributed by atoms with Crippen molar-refractivity contribution in [2.45, 2.75) is 79.5 Å². The second-order valence-corrected chi connectivity index (χ2v) is 15.6. The van der Waals surface area contributed by atoms with Crippen molar-refractivity contribution in [3.05, 3.63) is 0 Å². The van der Waals surface area contributed by atoms with Gasteiger partial charge in [0.25, 0.3) is 0 Å². The zero-order chi connectivity index (χ0) is 14.9. The standard InChI is InChI=1S/3C4H9.C2H7O3P.Sn.H/c3*1-3-4-2;1-2-5-6(3)4;;/h3*1,3-4H2,2H3;3-4H,2H2,1H3;;. The minimum absolute atomic E-state index is 0.360. The third-order valence-electron chi connectivity index (χ3n) is 3.14. The molecule has 0 amide bonds. The van der Waals surface area contributed by atoms with Crippen LogP contribution in [0.5, 0.6) is 0 Å². The molecule has 0 spiro atoms. The number of hydrogen-bond donors (Lipinski definition) is 2. The Hall–Kier alpha value is 1.11. The first-order valence-corrected chi connectivity index (χ1v) is 16.1. The molecular weight excluding hydrogens is 366 g/mol. The van der Waals surface area contributed by atoms with Gasteiger partial charge in [0.2, 0.25) is 0 Å². The molecule has 0 bridgehead atoms. The molecule has 2 N–H and O–H groups in total. The van der Waals surface area contributed by atoms with Crippen LogP contribution in [-0.2, 0) is 4.52 Å². The molecule has 0 atom stereocenters. The maximum Gasteiger partial charge on any atom is 0.327 e. The summed E-state index contributed by atoms with van der Waals surface area (Å²) in [6.07, 6.45) is 8.87. The summed E-state index contributed by atoms with van der Waals surface area (Å²) in [6, 6.07) is 0. The zero-order valence-electron chi connectivity index (χ0n) is 13.4. The maximum absolute atomic E-state index is 7.95. The van der Waals surface area contributed by atoms with E-state index in [4.69, 9.17) is 9.79 Å². The average molecular weight is 401 g/mol. The van der Waals surface area contributed by atoms with Gasteiger partial charge >= 0.3 is 101 Å². The normalized spacial score (nSPS) is 10.7. The summed E-state index contributed by atoms with van der Waals surface area (Å²) in [5.41, 5.74) is 0. The van der Waals surface area contributed by atoms with Crippen LogP contribution in [0, 0.1) is 0 Å². The molecule has 0 unspecified atom stereocenters. The molecular formula is C14H35O3PSn. The van der Waals surface area contributed by atoms with Crippen molar-refractivity contribution < 1.29 is 14.3 Å². The van der Waals surface area contributed by atoms with Gasteiger partial charge in [-0.05, 0) is 6.92 Å². The third-order valence-corrected chi connectivity index (χ3v) is 14.1. The quantitative estimate of drug-likeness (QED) is 0.385. The molecule has 3 nitrogen and oxygen atoms in total. The number of unbranched alkanes of at least 4 members (excludes halogenated alkanes) is 3. The van der Waals surface area contributed by atoms with E-state index in [1.54, 1.807) is 20.2 Å². The second-order valence-electron chi connectivity index (χ2n) is 4.96. The van der Waals surface area contributed by atoms with Gasteiger partial charge in [-0.15, -0.1) is 0 Å². The predicted octanol–water partition coefficient (Wildman–Crippen LogP) is 4.85. The molecule has 0 saturated heterocycles. The SMILES string of the molecule is CCC[CH2][SnH]([CH2]CCC)[CH2]CCC.CCOP(O)O. The van der Waals surface area contributed by atoms with Crippen LogP contribution < -0.4 is 0 Å². The van der Waals surface area contributed by atoms with Crippen molar-refractivity contribution in [3.63, 3.8) is 0 Å². The van der Waals surface area contributed by atoms with Crippen molar-refractivity contribution in [2.75, 3.05) is 6.61 Å². The van der Waals surface area contributed by atoms with Gasteiger partial charge in [-0.2, -0.15) is 0 Å². The summed E-state index contributed by atoms with van der Waals surface area (Å²) in [5, 5.41) is 0. The van der Waals surface area contributed by atoms with Crippen molar-refractivity contribution in [1.29, 1.82) is 0 Å². The minimum Gasteiger partial charge on any atom is -0.328 e. The molecule has 0 rings (SSSR count). The fourth-order valence-corrected chi connectivity index (χ4v) is 13.2. The minimum atomic E-state index is -2.10. The summed E-state index contributed by atoms with van der Waals surface area (Å²) in [4.78, 5) is 15.9. The summed E-state index contributed by atoms with van der Waals surface area (Å²) >= 11 is -0.967. The molecule has 5 heteroatoms. The Morgan fingerprint density at radius 3 is 1.32 bits per heavy atom. The molecule has 19 heavy (non-hydrogen) atoms. The number of hydrogen-bond acceptors (Lipinski definition) is 3. The summed E-state index contributed by atoms with van der Waals surface area (Å²) in [5.74, 6) is 0. The van der Waals surface area contributed by atoms with E-state index in [1.165, 1.54) is 38.5 Å². The molecule has 0 fully saturated rings. The van der Waals surface area contributed by atoms with Crippen LogP contribution >= 0.6 is 8.60 Å². The largest absolute Gasteiger partial charge is 0.328 e. The van der Waals surface area contributed by atoms with E-state index in [9.17, 15) is 0 Å². The molecule has 0 aliphatic carbocycles. The predicted molar refractivity (Wildman–Crippen MR) is 89.3 cm³/mol. The van der Waals surface area contributed by atoms with Crippen LogP contribution in [0.4, 0.5) is 0 Å². The van der Waals surface area contributed by atoms with Crippen molar-refractivity contribution in [2.24, 2.45) is 0 Å². The Bertz CT molecular complexity index is 141. The Morgan fingerprint density at radius 1 is 0.789 bits per heavy atom. The Morgan fingerprint density at radius 2 is 1.16 bits per heavy atom. The third kappa shape index (κ3) is 21.6. The van der Waals surface area contributed by atoms with Gasteiger partial charge in [-0.25, -0.2) is 0 Å². The van der Waals surface area contributed by atoms with E-state index in [1.807, 2.05) is 0 Å². The molecule has 0 aliphatic heterocycles.